The molecule has 0 aliphatic heterocycles. The molecule has 0 amide bonds. The highest BCUT2D eigenvalue weighted by molar-refractivity contribution is 6.10. The van der Waals surface area contributed by atoms with Crippen LogP contribution in [0.15, 0.2) is 170 Å². The third-order valence-electron chi connectivity index (χ3n) is 13.7. The molecular formula is C57H46N2. The van der Waals surface area contributed by atoms with Crippen LogP contribution in [0.3, 0.4) is 0 Å². The molecule has 2 nitrogen and oxygen atoms in total. The van der Waals surface area contributed by atoms with Crippen molar-refractivity contribution in [1.29, 1.82) is 0 Å². The van der Waals surface area contributed by atoms with E-state index in [2.05, 4.69) is 221 Å². The molecule has 0 N–H and O–H groups in total. The molecular weight excluding hydrogens is 713 g/mol. The van der Waals surface area contributed by atoms with E-state index in [0.29, 0.717) is 0 Å². The van der Waals surface area contributed by atoms with E-state index in [-0.39, 0.29) is 10.8 Å². The van der Waals surface area contributed by atoms with Crippen molar-refractivity contribution in [3.63, 3.8) is 0 Å². The topological polar surface area (TPSA) is 9.86 Å². The van der Waals surface area contributed by atoms with Gasteiger partial charge in [0.05, 0.1) is 27.5 Å². The van der Waals surface area contributed by atoms with E-state index in [0.717, 1.165) is 0 Å². The first-order valence-electron chi connectivity index (χ1n) is 21.1. The minimum atomic E-state index is -0.554. The predicted molar refractivity (Wildman–Crippen MR) is 249 cm³/mol. The van der Waals surface area contributed by atoms with Crippen molar-refractivity contribution >= 4 is 43.6 Å². The zero-order chi connectivity index (χ0) is 40.0. The van der Waals surface area contributed by atoms with Gasteiger partial charge in [-0.2, -0.15) is 0 Å². The van der Waals surface area contributed by atoms with Crippen LogP contribution in [0.5, 0.6) is 0 Å². The maximum absolute atomic E-state index is 2.56. The average Bonchev–Trinajstić information content (AvgIpc) is 3.94. The minimum absolute atomic E-state index is 0.0263. The monoisotopic (exact) mass is 758 g/mol. The molecule has 12 rings (SSSR count). The number of para-hydroxylation sites is 4. The zero-order valence-corrected chi connectivity index (χ0v) is 34.6. The molecule has 2 aliphatic rings. The Kier molecular flexibility index (Phi) is 6.84. The summed E-state index contributed by atoms with van der Waals surface area (Å²) in [5, 5.41) is 5.11. The van der Waals surface area contributed by atoms with Crippen molar-refractivity contribution < 1.29 is 0 Å². The van der Waals surface area contributed by atoms with Gasteiger partial charge in [0.25, 0.3) is 0 Å². The Morgan fingerprint density at radius 3 is 0.932 bits per heavy atom. The summed E-state index contributed by atoms with van der Waals surface area (Å²) < 4.78 is 4.97. The third-order valence-corrected chi connectivity index (χ3v) is 13.7. The van der Waals surface area contributed by atoms with E-state index in [9.17, 15) is 0 Å². The van der Waals surface area contributed by atoms with Crippen LogP contribution >= 0.6 is 0 Å². The van der Waals surface area contributed by atoms with Crippen LogP contribution in [0.25, 0.3) is 77.2 Å². The maximum atomic E-state index is 2.56. The van der Waals surface area contributed by atoms with E-state index in [4.69, 9.17) is 0 Å². The van der Waals surface area contributed by atoms with Crippen molar-refractivity contribution in [1.82, 2.24) is 9.13 Å². The Hall–Kier alpha value is -6.64. The smallest absolute Gasteiger partial charge is 0.0727 e. The van der Waals surface area contributed by atoms with Crippen LogP contribution in [-0.4, -0.2) is 9.13 Å². The highest BCUT2D eigenvalue weighted by atomic mass is 15.0. The lowest BCUT2D eigenvalue weighted by molar-refractivity contribution is 0.586. The summed E-state index contributed by atoms with van der Waals surface area (Å²) in [6, 6.07) is 64.8. The lowest BCUT2D eigenvalue weighted by Gasteiger charge is -2.33. The molecule has 0 fully saturated rings. The molecule has 2 aromatic heterocycles. The zero-order valence-electron chi connectivity index (χ0n) is 34.6. The minimum Gasteiger partial charge on any atom is -0.309 e. The first kappa shape index (κ1) is 34.4. The number of fused-ring (bicyclic) bond motifs is 16. The summed E-state index contributed by atoms with van der Waals surface area (Å²) in [7, 11) is 0. The largest absolute Gasteiger partial charge is 0.309 e. The highest BCUT2D eigenvalue weighted by Crippen LogP contribution is 2.64. The molecule has 0 unspecified atom stereocenters. The highest BCUT2D eigenvalue weighted by Gasteiger charge is 2.52. The Morgan fingerprint density at radius 1 is 0.322 bits per heavy atom. The van der Waals surface area contributed by atoms with Crippen molar-refractivity contribution in [2.24, 2.45) is 0 Å². The fourth-order valence-electron chi connectivity index (χ4n) is 10.8. The van der Waals surface area contributed by atoms with Gasteiger partial charge in [-0.25, -0.2) is 0 Å². The molecule has 0 atom stereocenters. The second kappa shape index (κ2) is 11.7. The van der Waals surface area contributed by atoms with Crippen molar-refractivity contribution in [3.8, 4) is 33.6 Å². The molecule has 2 heterocycles. The number of benzene rings is 8. The van der Waals surface area contributed by atoms with Crippen LogP contribution < -0.4 is 0 Å². The SMILES string of the molecule is CC(C)(C)c1ccc2c(c1)C1(c3cc(-n4c5ccccc5c5ccccc54)ccc3-c3ccc(-n4c5ccccc5c5ccccc54)cc31)c1cc(C(C)(C)C)ccc1-2. The molecule has 2 heteroatoms. The Bertz CT molecular complexity index is 3070. The summed E-state index contributed by atoms with van der Waals surface area (Å²) in [6.07, 6.45) is 0. The summed E-state index contributed by atoms with van der Waals surface area (Å²) in [6.45, 7) is 14.1. The Balaban J connectivity index is 1.23. The van der Waals surface area contributed by atoms with Gasteiger partial charge in [0.2, 0.25) is 0 Å². The average molecular weight is 759 g/mol. The predicted octanol–water partition coefficient (Wildman–Crippen LogP) is 14.8. The fourth-order valence-corrected chi connectivity index (χ4v) is 10.8. The van der Waals surface area contributed by atoms with Gasteiger partial charge in [-0.3, -0.25) is 0 Å². The maximum Gasteiger partial charge on any atom is 0.0727 e. The lowest BCUT2D eigenvalue weighted by Crippen LogP contribution is -2.27. The van der Waals surface area contributed by atoms with Crippen LogP contribution in [0, 0.1) is 0 Å². The first-order valence-corrected chi connectivity index (χ1v) is 21.1. The first-order chi connectivity index (χ1) is 28.5. The van der Waals surface area contributed by atoms with Crippen LogP contribution in [0.1, 0.15) is 74.9 Å². The molecule has 284 valence electrons. The van der Waals surface area contributed by atoms with Gasteiger partial charge in [0, 0.05) is 32.9 Å². The lowest BCUT2D eigenvalue weighted by atomic mass is 9.68. The second-order valence-electron chi connectivity index (χ2n) is 19.0. The molecule has 0 radical (unpaired) electrons. The normalized spacial score (nSPS) is 14.1. The molecule has 0 saturated carbocycles. The Morgan fingerprint density at radius 2 is 0.610 bits per heavy atom. The van der Waals surface area contributed by atoms with Gasteiger partial charge < -0.3 is 9.13 Å². The van der Waals surface area contributed by atoms with Crippen LogP contribution in [-0.2, 0) is 16.2 Å². The van der Waals surface area contributed by atoms with Gasteiger partial charge >= 0.3 is 0 Å². The molecule has 0 saturated heterocycles. The van der Waals surface area contributed by atoms with E-state index < -0.39 is 5.41 Å². The Labute approximate surface area is 346 Å². The number of hydrogen-bond acceptors (Lipinski definition) is 0. The van der Waals surface area contributed by atoms with Gasteiger partial charge in [0.15, 0.2) is 0 Å². The molecule has 2 aliphatic carbocycles. The third kappa shape index (κ3) is 4.58. The number of rotatable bonds is 2. The standard InChI is InChI=1S/C57H46N2/c1-55(2,3)35-23-27-39-40-28-24-36(56(4,5)6)32-48(40)57(47(39)31-35)49-33-37(58-51-19-11-7-15-43(51)44-16-8-12-20-52(44)58)25-29-41(49)42-30-26-38(34-50(42)57)59-53-21-13-9-17-45(53)46-18-10-14-22-54(46)59/h7-34H,1-6H3. The van der Waals surface area contributed by atoms with E-state index in [1.165, 1.54) is 111 Å². The van der Waals surface area contributed by atoms with E-state index in [1.807, 2.05) is 0 Å². The van der Waals surface area contributed by atoms with E-state index >= 15 is 0 Å². The van der Waals surface area contributed by atoms with Crippen molar-refractivity contribution in [2.75, 3.05) is 0 Å². The summed E-state index contributed by atoms with van der Waals surface area (Å²) in [4.78, 5) is 0. The van der Waals surface area contributed by atoms with Crippen LogP contribution in [0.2, 0.25) is 0 Å². The van der Waals surface area contributed by atoms with Crippen LogP contribution in [0.4, 0.5) is 0 Å². The van der Waals surface area contributed by atoms with E-state index in [1.54, 1.807) is 0 Å². The second-order valence-corrected chi connectivity index (χ2v) is 19.0. The van der Waals surface area contributed by atoms with Crippen molar-refractivity contribution in [3.05, 3.63) is 203 Å². The quantitative estimate of drug-likeness (QED) is 0.166. The van der Waals surface area contributed by atoms with Gasteiger partial charge in [-0.1, -0.05) is 163 Å². The van der Waals surface area contributed by atoms with Gasteiger partial charge in [0.1, 0.15) is 0 Å². The van der Waals surface area contributed by atoms with Crippen molar-refractivity contribution in [2.45, 2.75) is 57.8 Å². The number of hydrogen-bond donors (Lipinski definition) is 0. The molecule has 10 aromatic rings. The summed E-state index contributed by atoms with van der Waals surface area (Å²) >= 11 is 0. The fraction of sp³-hybridized carbons (Fsp3) is 0.158. The summed E-state index contributed by atoms with van der Waals surface area (Å²) in [5.74, 6) is 0. The summed E-state index contributed by atoms with van der Waals surface area (Å²) in [5.41, 5.74) is 20.1. The number of aromatic nitrogens is 2. The molecule has 59 heavy (non-hydrogen) atoms. The molecule has 8 aromatic carbocycles. The molecule has 1 spiro atoms. The number of nitrogens with zero attached hydrogens (tertiary/aromatic N) is 2. The van der Waals surface area contributed by atoms with Gasteiger partial charge in [-0.05, 0) is 115 Å². The van der Waals surface area contributed by atoms with Gasteiger partial charge in [-0.15, -0.1) is 0 Å². The molecule has 0 bridgehead atoms.